The molecule has 2 heterocycles. The number of imidazole rings is 1. The predicted molar refractivity (Wildman–Crippen MR) is 81.8 cm³/mol. The molecule has 0 amide bonds. The number of benzene rings is 1. The summed E-state index contributed by atoms with van der Waals surface area (Å²) < 4.78 is 6.55. The third-order valence-corrected chi connectivity index (χ3v) is 3.76. The van der Waals surface area contributed by atoms with Gasteiger partial charge in [0.1, 0.15) is 6.04 Å². The molecule has 3 rings (SSSR count). The van der Waals surface area contributed by atoms with E-state index in [-0.39, 0.29) is 5.69 Å². The van der Waals surface area contributed by atoms with E-state index in [9.17, 15) is 14.9 Å². The average Bonchev–Trinajstić information content (AvgIpc) is 3.00. The zero-order valence-electron chi connectivity index (χ0n) is 12.5. The Balaban J connectivity index is 2.26. The minimum atomic E-state index is -0.678. The highest BCUT2D eigenvalue weighted by Crippen LogP contribution is 2.39. The van der Waals surface area contributed by atoms with Crippen molar-refractivity contribution < 1.29 is 14.5 Å². The van der Waals surface area contributed by atoms with Crippen molar-refractivity contribution in [3.63, 3.8) is 0 Å². The van der Waals surface area contributed by atoms with Crippen LogP contribution in [0.5, 0.6) is 0 Å². The minimum Gasteiger partial charge on any atom is -0.466 e. The van der Waals surface area contributed by atoms with Gasteiger partial charge in [-0.2, -0.15) is 0 Å². The van der Waals surface area contributed by atoms with E-state index in [0.717, 1.165) is 0 Å². The number of para-hydroxylation sites is 1. The molecule has 1 N–H and O–H groups in total. The molecule has 1 aliphatic rings. The highest BCUT2D eigenvalue weighted by molar-refractivity contribution is 5.92. The molecule has 0 saturated carbocycles. The van der Waals surface area contributed by atoms with Crippen LogP contribution < -0.4 is 5.32 Å². The molecule has 118 valence electrons. The molecule has 0 radical (unpaired) electrons. The number of esters is 1. The maximum Gasteiger partial charge on any atom is 0.337 e. The van der Waals surface area contributed by atoms with E-state index < -0.39 is 16.9 Å². The van der Waals surface area contributed by atoms with Crippen molar-refractivity contribution in [2.24, 2.45) is 0 Å². The van der Waals surface area contributed by atoms with Crippen LogP contribution in [-0.2, 0) is 9.53 Å². The van der Waals surface area contributed by atoms with Crippen LogP contribution in [0.2, 0.25) is 0 Å². The van der Waals surface area contributed by atoms with Gasteiger partial charge in [0.25, 0.3) is 5.69 Å². The summed E-state index contributed by atoms with van der Waals surface area (Å²) in [6.45, 7) is 1.71. The van der Waals surface area contributed by atoms with Gasteiger partial charge >= 0.3 is 5.97 Å². The second-order valence-electron chi connectivity index (χ2n) is 5.03. The second-order valence-corrected chi connectivity index (χ2v) is 5.03. The smallest absolute Gasteiger partial charge is 0.337 e. The van der Waals surface area contributed by atoms with Gasteiger partial charge in [-0.15, -0.1) is 0 Å². The Hall–Kier alpha value is -3.16. The molecule has 0 fully saturated rings. The van der Waals surface area contributed by atoms with Crippen LogP contribution in [0.1, 0.15) is 18.5 Å². The molecule has 0 bridgehead atoms. The van der Waals surface area contributed by atoms with Gasteiger partial charge in [-0.1, -0.05) is 12.1 Å². The van der Waals surface area contributed by atoms with E-state index in [1.807, 2.05) is 0 Å². The summed E-state index contributed by atoms with van der Waals surface area (Å²) in [7, 11) is 1.28. The molecule has 1 aromatic heterocycles. The molecule has 0 spiro atoms. The Bertz CT molecular complexity index is 824. The molecule has 1 aliphatic heterocycles. The van der Waals surface area contributed by atoms with Gasteiger partial charge < -0.3 is 14.6 Å². The van der Waals surface area contributed by atoms with Crippen molar-refractivity contribution in [2.45, 2.75) is 13.0 Å². The Morgan fingerprint density at radius 1 is 1.43 bits per heavy atom. The molecule has 2 aromatic rings. The third kappa shape index (κ3) is 2.33. The zero-order chi connectivity index (χ0) is 16.6. The molecule has 8 nitrogen and oxygen atoms in total. The number of carbonyl (C=O) groups excluding carboxylic acids is 1. The molecule has 1 atom stereocenters. The standard InChI is InChI=1S/C15H14N4O4/c1-9-12(14(20)23-2)13(18-8-7-16-15(18)17-9)10-5-3-4-6-11(10)19(21)22/h3-8,13H,1-2H3,(H,16,17). The summed E-state index contributed by atoms with van der Waals surface area (Å²) in [5.41, 5.74) is 1.21. The predicted octanol–water partition coefficient (Wildman–Crippen LogP) is 2.25. The van der Waals surface area contributed by atoms with Crippen molar-refractivity contribution in [1.29, 1.82) is 0 Å². The van der Waals surface area contributed by atoms with Crippen LogP contribution >= 0.6 is 0 Å². The van der Waals surface area contributed by atoms with E-state index in [4.69, 9.17) is 4.74 Å². The van der Waals surface area contributed by atoms with Crippen molar-refractivity contribution in [2.75, 3.05) is 12.4 Å². The van der Waals surface area contributed by atoms with E-state index >= 15 is 0 Å². The maximum absolute atomic E-state index is 12.3. The van der Waals surface area contributed by atoms with Crippen LogP contribution in [-0.4, -0.2) is 27.6 Å². The zero-order valence-corrected chi connectivity index (χ0v) is 12.5. The molecule has 0 saturated heterocycles. The Morgan fingerprint density at radius 2 is 2.17 bits per heavy atom. The summed E-state index contributed by atoms with van der Waals surface area (Å²) in [6, 6.07) is 5.66. The van der Waals surface area contributed by atoms with E-state index in [1.165, 1.54) is 13.2 Å². The summed E-state index contributed by atoms with van der Waals surface area (Å²) in [6.07, 6.45) is 3.23. The number of carbonyl (C=O) groups is 1. The van der Waals surface area contributed by atoms with Crippen LogP contribution in [0, 0.1) is 10.1 Å². The number of fused-ring (bicyclic) bond motifs is 1. The largest absolute Gasteiger partial charge is 0.466 e. The number of nitrogens with zero attached hydrogens (tertiary/aromatic N) is 3. The van der Waals surface area contributed by atoms with Gasteiger partial charge in [0.2, 0.25) is 5.95 Å². The number of nitro groups is 1. The lowest BCUT2D eigenvalue weighted by atomic mass is 9.94. The maximum atomic E-state index is 12.3. The molecule has 0 aliphatic carbocycles. The number of rotatable bonds is 3. The number of hydrogen-bond donors (Lipinski definition) is 1. The second kappa shape index (κ2) is 5.56. The number of aromatic nitrogens is 2. The average molecular weight is 314 g/mol. The van der Waals surface area contributed by atoms with Crippen LogP contribution in [0.15, 0.2) is 47.9 Å². The van der Waals surface area contributed by atoms with E-state index in [0.29, 0.717) is 22.8 Å². The Morgan fingerprint density at radius 3 is 2.87 bits per heavy atom. The quantitative estimate of drug-likeness (QED) is 0.530. The Labute approximate surface area is 131 Å². The van der Waals surface area contributed by atoms with Crippen LogP contribution in [0.3, 0.4) is 0 Å². The van der Waals surface area contributed by atoms with Crippen molar-refractivity contribution in [1.82, 2.24) is 9.55 Å². The lowest BCUT2D eigenvalue weighted by Gasteiger charge is -2.29. The lowest BCUT2D eigenvalue weighted by Crippen LogP contribution is -2.28. The molecular formula is C15H14N4O4. The molecule has 23 heavy (non-hydrogen) atoms. The van der Waals surface area contributed by atoms with Gasteiger partial charge in [-0.3, -0.25) is 10.1 Å². The number of nitrogens with one attached hydrogen (secondary N) is 1. The van der Waals surface area contributed by atoms with Crippen LogP contribution in [0.4, 0.5) is 11.6 Å². The normalized spacial score (nSPS) is 16.5. The Kier molecular flexibility index (Phi) is 3.57. The number of anilines is 1. The summed E-state index contributed by atoms with van der Waals surface area (Å²) >= 11 is 0. The first kappa shape index (κ1) is 14.8. The first-order valence-electron chi connectivity index (χ1n) is 6.87. The first-order chi connectivity index (χ1) is 11.0. The molecule has 8 heteroatoms. The minimum absolute atomic E-state index is 0.0618. The molecular weight excluding hydrogens is 300 g/mol. The van der Waals surface area contributed by atoms with Gasteiger partial charge in [0.15, 0.2) is 0 Å². The van der Waals surface area contributed by atoms with Gasteiger partial charge in [0.05, 0.1) is 23.2 Å². The fraction of sp³-hybridized carbons (Fsp3) is 0.200. The van der Waals surface area contributed by atoms with Gasteiger partial charge in [0, 0.05) is 24.2 Å². The third-order valence-electron chi connectivity index (χ3n) is 3.76. The highest BCUT2D eigenvalue weighted by Gasteiger charge is 2.36. The van der Waals surface area contributed by atoms with Crippen molar-refractivity contribution >= 4 is 17.6 Å². The fourth-order valence-corrected chi connectivity index (χ4v) is 2.76. The number of allylic oxidation sites excluding steroid dienone is 1. The van der Waals surface area contributed by atoms with Crippen LogP contribution in [0.25, 0.3) is 0 Å². The van der Waals surface area contributed by atoms with E-state index in [2.05, 4.69) is 10.3 Å². The van der Waals surface area contributed by atoms with Gasteiger partial charge in [-0.05, 0) is 13.0 Å². The van der Waals surface area contributed by atoms with E-state index in [1.54, 1.807) is 42.1 Å². The number of nitro benzene ring substituents is 1. The number of hydrogen-bond acceptors (Lipinski definition) is 6. The van der Waals surface area contributed by atoms with Crippen molar-refractivity contribution in [3.05, 3.63) is 63.6 Å². The first-order valence-corrected chi connectivity index (χ1v) is 6.87. The summed E-state index contributed by atoms with van der Waals surface area (Å²) in [5, 5.41) is 14.4. The number of ether oxygens (including phenoxy) is 1. The summed E-state index contributed by atoms with van der Waals surface area (Å²) in [4.78, 5) is 27.3. The van der Waals surface area contributed by atoms with Crippen molar-refractivity contribution in [3.8, 4) is 0 Å². The molecule has 1 aromatic carbocycles. The number of methoxy groups -OCH3 is 1. The SMILES string of the molecule is COC(=O)C1=C(C)Nc2nccn2C1c1ccccc1[N+](=O)[O-]. The highest BCUT2D eigenvalue weighted by atomic mass is 16.6. The lowest BCUT2D eigenvalue weighted by molar-refractivity contribution is -0.385. The topological polar surface area (TPSA) is 99.3 Å². The monoisotopic (exact) mass is 314 g/mol. The summed E-state index contributed by atoms with van der Waals surface area (Å²) in [5.74, 6) is -0.0317. The molecule has 1 unspecified atom stereocenters. The van der Waals surface area contributed by atoms with Gasteiger partial charge in [-0.25, -0.2) is 9.78 Å². The fourth-order valence-electron chi connectivity index (χ4n) is 2.76.